The zero-order valence-corrected chi connectivity index (χ0v) is 12.1. The van der Waals surface area contributed by atoms with Gasteiger partial charge in [0.25, 0.3) is 0 Å². The van der Waals surface area contributed by atoms with Crippen molar-refractivity contribution < 1.29 is 4.79 Å². The summed E-state index contributed by atoms with van der Waals surface area (Å²) in [7, 11) is 0. The first-order valence-electron chi connectivity index (χ1n) is 6.82. The Morgan fingerprint density at radius 2 is 2.32 bits per heavy atom. The van der Waals surface area contributed by atoms with Gasteiger partial charge in [-0.25, -0.2) is 0 Å². The topological polar surface area (TPSA) is 46.3 Å². The second-order valence-electron chi connectivity index (χ2n) is 5.96. The maximum absolute atomic E-state index is 11.5. The molecule has 4 heteroatoms. The van der Waals surface area contributed by atoms with Crippen molar-refractivity contribution in [2.45, 2.75) is 24.2 Å². The van der Waals surface area contributed by atoms with Crippen LogP contribution in [0.5, 0.6) is 0 Å². The lowest BCUT2D eigenvalue weighted by molar-refractivity contribution is -0.126. The van der Waals surface area contributed by atoms with Gasteiger partial charge < -0.3 is 10.6 Å². The summed E-state index contributed by atoms with van der Waals surface area (Å²) in [5.41, 5.74) is 6.65. The summed E-state index contributed by atoms with van der Waals surface area (Å²) < 4.78 is 0. The first kappa shape index (κ1) is 13.0. The van der Waals surface area contributed by atoms with E-state index in [1.165, 1.54) is 10.5 Å². The Morgan fingerprint density at radius 1 is 1.53 bits per heavy atom. The van der Waals surface area contributed by atoms with E-state index in [4.69, 9.17) is 5.73 Å². The van der Waals surface area contributed by atoms with Crippen molar-refractivity contribution in [2.75, 3.05) is 25.4 Å². The van der Waals surface area contributed by atoms with Gasteiger partial charge in [0.05, 0.1) is 5.41 Å². The van der Waals surface area contributed by atoms with Gasteiger partial charge in [-0.15, -0.1) is 11.8 Å². The molecule has 3 rings (SSSR count). The summed E-state index contributed by atoms with van der Waals surface area (Å²) in [6.07, 6.45) is 0.893. The van der Waals surface area contributed by atoms with Gasteiger partial charge in [-0.1, -0.05) is 18.2 Å². The highest BCUT2D eigenvalue weighted by atomic mass is 32.2. The molecule has 0 radical (unpaired) electrons. The van der Waals surface area contributed by atoms with E-state index in [0.29, 0.717) is 5.92 Å². The van der Waals surface area contributed by atoms with E-state index >= 15 is 0 Å². The second-order valence-corrected chi connectivity index (χ2v) is 7.02. The van der Waals surface area contributed by atoms with Gasteiger partial charge >= 0.3 is 0 Å². The van der Waals surface area contributed by atoms with Gasteiger partial charge in [-0.3, -0.25) is 4.79 Å². The molecule has 0 aliphatic carbocycles. The molecule has 2 N–H and O–H groups in total. The summed E-state index contributed by atoms with van der Waals surface area (Å²) in [4.78, 5) is 15.3. The zero-order chi connectivity index (χ0) is 13.5. The van der Waals surface area contributed by atoms with Crippen LogP contribution in [-0.4, -0.2) is 36.2 Å². The molecule has 2 heterocycles. The lowest BCUT2D eigenvalue weighted by Gasteiger charge is -2.23. The number of likely N-dealkylation sites (tertiary alicyclic amines) is 1. The van der Waals surface area contributed by atoms with Crippen LogP contribution in [0.4, 0.5) is 0 Å². The van der Waals surface area contributed by atoms with Crippen molar-refractivity contribution >= 4 is 17.7 Å². The molecular formula is C15H20N2OS. The van der Waals surface area contributed by atoms with Crippen LogP contribution in [0.2, 0.25) is 0 Å². The molecule has 1 saturated heterocycles. The summed E-state index contributed by atoms with van der Waals surface area (Å²) >= 11 is 1.95. The highest BCUT2D eigenvalue weighted by molar-refractivity contribution is 7.99. The number of nitrogens with zero attached hydrogens (tertiary/aromatic N) is 1. The predicted molar refractivity (Wildman–Crippen MR) is 78.3 cm³/mol. The number of thioether (sulfide) groups is 1. The maximum Gasteiger partial charge on any atom is 0.224 e. The second kappa shape index (κ2) is 4.84. The monoisotopic (exact) mass is 276 g/mol. The Balaban J connectivity index is 1.67. The molecule has 1 amide bonds. The highest BCUT2D eigenvalue weighted by Crippen LogP contribution is 2.41. The summed E-state index contributed by atoms with van der Waals surface area (Å²) in [5.74, 6) is 1.59. The molecule has 2 atom stereocenters. The van der Waals surface area contributed by atoms with Crippen LogP contribution in [0, 0.1) is 5.41 Å². The Labute approximate surface area is 118 Å². The molecule has 2 unspecified atom stereocenters. The van der Waals surface area contributed by atoms with Crippen LogP contribution in [0.15, 0.2) is 29.2 Å². The molecule has 1 fully saturated rings. The molecule has 3 nitrogen and oxygen atoms in total. The Hall–Kier alpha value is -1.00. The molecule has 102 valence electrons. The van der Waals surface area contributed by atoms with Crippen LogP contribution in [0.1, 0.15) is 24.8 Å². The minimum atomic E-state index is -0.328. The van der Waals surface area contributed by atoms with Crippen molar-refractivity contribution in [1.29, 1.82) is 0 Å². The fraction of sp³-hybridized carbons (Fsp3) is 0.533. The number of carbonyl (C=O) groups is 1. The van der Waals surface area contributed by atoms with Crippen molar-refractivity contribution in [3.63, 3.8) is 0 Å². The largest absolute Gasteiger partial charge is 0.369 e. The van der Waals surface area contributed by atoms with E-state index in [-0.39, 0.29) is 11.3 Å². The van der Waals surface area contributed by atoms with Crippen molar-refractivity contribution in [3.05, 3.63) is 29.8 Å². The number of primary amides is 1. The van der Waals surface area contributed by atoms with Crippen molar-refractivity contribution in [2.24, 2.45) is 11.1 Å². The maximum atomic E-state index is 11.5. The smallest absolute Gasteiger partial charge is 0.224 e. The fourth-order valence-electron chi connectivity index (χ4n) is 3.11. The fourth-order valence-corrected chi connectivity index (χ4v) is 4.35. The van der Waals surface area contributed by atoms with Crippen LogP contribution in [-0.2, 0) is 4.79 Å². The minimum absolute atomic E-state index is 0.156. The average molecular weight is 276 g/mol. The molecular weight excluding hydrogens is 256 g/mol. The van der Waals surface area contributed by atoms with E-state index in [9.17, 15) is 4.79 Å². The third kappa shape index (κ3) is 2.39. The highest BCUT2D eigenvalue weighted by Gasteiger charge is 2.39. The van der Waals surface area contributed by atoms with Crippen LogP contribution < -0.4 is 5.73 Å². The van der Waals surface area contributed by atoms with Crippen LogP contribution >= 0.6 is 11.8 Å². The Morgan fingerprint density at radius 3 is 3.05 bits per heavy atom. The van der Waals surface area contributed by atoms with E-state index in [0.717, 1.165) is 31.8 Å². The molecule has 0 spiro atoms. The van der Waals surface area contributed by atoms with Gasteiger partial charge in [-0.05, 0) is 31.5 Å². The standard InChI is InChI=1S/C15H20N2OS/c1-15(14(16)18)6-7-17(10-15)8-11-9-19-13-5-3-2-4-12(11)13/h2-5,11H,6-10H2,1H3,(H2,16,18). The van der Waals surface area contributed by atoms with E-state index in [2.05, 4.69) is 29.2 Å². The average Bonchev–Trinajstić information content (AvgIpc) is 2.96. The summed E-state index contributed by atoms with van der Waals surface area (Å²) in [5, 5.41) is 0. The zero-order valence-electron chi connectivity index (χ0n) is 11.3. The van der Waals surface area contributed by atoms with Crippen molar-refractivity contribution in [3.8, 4) is 0 Å². The number of amides is 1. The lowest BCUT2D eigenvalue weighted by atomic mass is 9.89. The number of hydrogen-bond donors (Lipinski definition) is 1. The normalized spacial score (nSPS) is 30.5. The molecule has 0 saturated carbocycles. The van der Waals surface area contributed by atoms with Gasteiger partial charge in [0.1, 0.15) is 0 Å². The number of carbonyl (C=O) groups excluding carboxylic acids is 1. The number of hydrogen-bond acceptors (Lipinski definition) is 3. The third-order valence-corrected chi connectivity index (χ3v) is 5.68. The lowest BCUT2D eigenvalue weighted by Crippen LogP contribution is -2.37. The molecule has 1 aromatic rings. The molecule has 19 heavy (non-hydrogen) atoms. The van der Waals surface area contributed by atoms with E-state index < -0.39 is 0 Å². The molecule has 1 aromatic carbocycles. The Kier molecular flexibility index (Phi) is 3.31. The van der Waals surface area contributed by atoms with Crippen LogP contribution in [0.25, 0.3) is 0 Å². The number of nitrogens with two attached hydrogens (primary N) is 1. The van der Waals surface area contributed by atoms with Crippen LogP contribution in [0.3, 0.4) is 0 Å². The van der Waals surface area contributed by atoms with Gasteiger partial charge in [-0.2, -0.15) is 0 Å². The summed E-state index contributed by atoms with van der Waals surface area (Å²) in [6, 6.07) is 8.67. The van der Waals surface area contributed by atoms with E-state index in [1.54, 1.807) is 0 Å². The quantitative estimate of drug-likeness (QED) is 0.919. The SMILES string of the molecule is CC1(C(N)=O)CCN(CC2CSc3ccccc32)C1. The number of rotatable bonds is 3. The first-order chi connectivity index (χ1) is 9.08. The number of fused-ring (bicyclic) bond motifs is 1. The molecule has 0 aromatic heterocycles. The predicted octanol–water partition coefficient (Wildman–Crippen LogP) is 2.07. The van der Waals surface area contributed by atoms with Crippen molar-refractivity contribution in [1.82, 2.24) is 4.90 Å². The van der Waals surface area contributed by atoms with Gasteiger partial charge in [0, 0.05) is 29.7 Å². The minimum Gasteiger partial charge on any atom is -0.369 e. The third-order valence-electron chi connectivity index (χ3n) is 4.42. The molecule has 2 aliphatic heterocycles. The Bertz CT molecular complexity index is 505. The molecule has 0 bridgehead atoms. The summed E-state index contributed by atoms with van der Waals surface area (Å²) in [6.45, 7) is 4.84. The van der Waals surface area contributed by atoms with Gasteiger partial charge in [0.2, 0.25) is 5.91 Å². The first-order valence-corrected chi connectivity index (χ1v) is 7.81. The van der Waals surface area contributed by atoms with E-state index in [1.807, 2.05) is 18.7 Å². The molecule has 2 aliphatic rings. The number of benzene rings is 1. The van der Waals surface area contributed by atoms with Gasteiger partial charge in [0.15, 0.2) is 0 Å².